The summed E-state index contributed by atoms with van der Waals surface area (Å²) in [5.41, 5.74) is 2.96. The van der Waals surface area contributed by atoms with Gasteiger partial charge in [-0.25, -0.2) is 0 Å². The molecule has 2 nitrogen and oxygen atoms in total. The molecule has 1 aliphatic carbocycles. The van der Waals surface area contributed by atoms with Crippen molar-refractivity contribution in [1.82, 2.24) is 0 Å². The summed E-state index contributed by atoms with van der Waals surface area (Å²) in [4.78, 5) is 11.8. The van der Waals surface area contributed by atoms with Crippen LogP contribution in [0.3, 0.4) is 0 Å². The fraction of sp³-hybridized carbons (Fsp3) is 0.609. The first-order valence-electron chi connectivity index (χ1n) is 10.2. The van der Waals surface area contributed by atoms with Crippen molar-refractivity contribution in [2.75, 3.05) is 6.61 Å². The zero-order chi connectivity index (χ0) is 18.4. The number of ether oxygens (including phenoxy) is 1. The van der Waals surface area contributed by atoms with Gasteiger partial charge in [-0.1, -0.05) is 69.0 Å². The largest absolute Gasteiger partial charge is 0.493 e. The number of carbonyl (C=O) groups is 1. The molecule has 0 saturated heterocycles. The predicted octanol–water partition coefficient (Wildman–Crippen LogP) is 6.34. The molecule has 0 radical (unpaired) electrons. The third kappa shape index (κ3) is 5.39. The second-order valence-electron chi connectivity index (χ2n) is 8.26. The lowest BCUT2D eigenvalue weighted by Crippen LogP contribution is -2.27. The van der Waals surface area contributed by atoms with E-state index in [1.165, 1.54) is 67.8 Å². The summed E-state index contributed by atoms with van der Waals surface area (Å²) < 4.78 is 6.09. The Balaban J connectivity index is 1.52. The van der Waals surface area contributed by atoms with Gasteiger partial charge in [-0.2, -0.15) is 0 Å². The van der Waals surface area contributed by atoms with Crippen LogP contribution in [-0.2, 0) is 11.2 Å². The third-order valence-electron chi connectivity index (χ3n) is 5.79. The monoisotopic (exact) mass is 372 g/mol. The second kappa shape index (κ2) is 9.12. The van der Waals surface area contributed by atoms with Crippen molar-refractivity contribution in [2.45, 2.75) is 76.9 Å². The van der Waals surface area contributed by atoms with E-state index < -0.39 is 0 Å². The van der Waals surface area contributed by atoms with Crippen molar-refractivity contribution < 1.29 is 9.53 Å². The van der Waals surface area contributed by atoms with Crippen molar-refractivity contribution in [1.29, 1.82) is 0 Å². The number of hydrogen-bond acceptors (Lipinski definition) is 3. The lowest BCUT2D eigenvalue weighted by atomic mass is 9.76. The average Bonchev–Trinajstić information content (AvgIpc) is 2.99. The lowest BCUT2D eigenvalue weighted by Gasteiger charge is -2.33. The first-order chi connectivity index (χ1) is 12.6. The molecule has 3 heteroatoms. The van der Waals surface area contributed by atoms with E-state index in [0.29, 0.717) is 10.7 Å². The number of rotatable bonds is 8. The molecule has 2 aliphatic rings. The maximum atomic E-state index is 11.8. The molecule has 1 saturated carbocycles. The van der Waals surface area contributed by atoms with Crippen molar-refractivity contribution in [3.63, 3.8) is 0 Å². The van der Waals surface area contributed by atoms with E-state index in [-0.39, 0.29) is 5.12 Å². The van der Waals surface area contributed by atoms with Gasteiger partial charge in [0.25, 0.3) is 0 Å². The van der Waals surface area contributed by atoms with E-state index in [2.05, 4.69) is 38.1 Å². The summed E-state index contributed by atoms with van der Waals surface area (Å²) in [6, 6.07) is 8.52. The summed E-state index contributed by atoms with van der Waals surface area (Å²) in [5, 5.41) is 0.545. The summed E-state index contributed by atoms with van der Waals surface area (Å²) in [5.74, 6) is 0.970. The molecule has 142 valence electrons. The molecule has 3 rings (SSSR count). The highest BCUT2D eigenvalue weighted by molar-refractivity contribution is 8.15. The molecule has 0 N–H and O–H groups in total. The number of thioether (sulfide) groups is 1. The van der Waals surface area contributed by atoms with E-state index >= 15 is 0 Å². The molecule has 1 aromatic rings. The Morgan fingerprint density at radius 1 is 1.15 bits per heavy atom. The Kier molecular flexibility index (Phi) is 6.86. The van der Waals surface area contributed by atoms with Crippen LogP contribution in [0.25, 0.3) is 0 Å². The van der Waals surface area contributed by atoms with Crippen LogP contribution < -0.4 is 4.74 Å². The van der Waals surface area contributed by atoms with E-state index in [9.17, 15) is 4.79 Å². The van der Waals surface area contributed by atoms with E-state index in [4.69, 9.17) is 4.74 Å². The molecule has 0 spiro atoms. The number of benzene rings is 1. The number of carbonyl (C=O) groups excluding carboxylic acids is 1. The van der Waals surface area contributed by atoms with Crippen LogP contribution in [0.5, 0.6) is 5.75 Å². The third-order valence-corrected chi connectivity index (χ3v) is 6.89. The smallest absolute Gasteiger partial charge is 0.212 e. The molecule has 1 unspecified atom stereocenters. The van der Waals surface area contributed by atoms with Gasteiger partial charge >= 0.3 is 0 Å². The fourth-order valence-corrected chi connectivity index (χ4v) is 5.14. The van der Waals surface area contributed by atoms with Crippen molar-refractivity contribution in [3.8, 4) is 5.75 Å². The Bertz CT molecular complexity index is 626. The molecule has 26 heavy (non-hydrogen) atoms. The highest BCUT2D eigenvalue weighted by atomic mass is 32.2. The van der Waals surface area contributed by atoms with Crippen LogP contribution in [0.4, 0.5) is 0 Å². The normalized spacial score (nSPS) is 22.3. The molecular formula is C23H32O2S. The Hall–Kier alpha value is -1.22. The summed E-state index contributed by atoms with van der Waals surface area (Å²) in [6.07, 6.45) is 12.8. The minimum Gasteiger partial charge on any atom is -0.493 e. The fourth-order valence-electron chi connectivity index (χ4n) is 4.02. The van der Waals surface area contributed by atoms with Gasteiger partial charge < -0.3 is 4.74 Å². The van der Waals surface area contributed by atoms with E-state index in [1.807, 2.05) is 6.08 Å². The van der Waals surface area contributed by atoms with Gasteiger partial charge in [-0.15, -0.1) is 0 Å². The number of unbranched alkanes of at least 4 members (excludes halogenated alkanes) is 1. The first kappa shape index (κ1) is 19.5. The average molecular weight is 373 g/mol. The van der Waals surface area contributed by atoms with Gasteiger partial charge in [0.2, 0.25) is 5.12 Å². The lowest BCUT2D eigenvalue weighted by molar-refractivity contribution is -0.106. The van der Waals surface area contributed by atoms with Crippen LogP contribution in [0.15, 0.2) is 35.9 Å². The van der Waals surface area contributed by atoms with Crippen LogP contribution >= 0.6 is 11.8 Å². The van der Waals surface area contributed by atoms with Gasteiger partial charge in [0.1, 0.15) is 5.75 Å². The second-order valence-corrected chi connectivity index (χ2v) is 9.46. The zero-order valence-corrected chi connectivity index (χ0v) is 17.1. The van der Waals surface area contributed by atoms with Gasteiger partial charge in [0.05, 0.1) is 6.61 Å². The highest BCUT2D eigenvalue weighted by Crippen LogP contribution is 2.37. The van der Waals surface area contributed by atoms with Gasteiger partial charge in [-0.05, 0) is 55.9 Å². The van der Waals surface area contributed by atoms with Gasteiger partial charge in [-0.3, -0.25) is 4.79 Å². The Labute approximate surface area is 162 Å². The zero-order valence-electron chi connectivity index (χ0n) is 16.3. The van der Waals surface area contributed by atoms with E-state index in [0.717, 1.165) is 25.2 Å². The molecular weight excluding hydrogens is 340 g/mol. The van der Waals surface area contributed by atoms with Gasteiger partial charge in [0, 0.05) is 10.7 Å². The molecule has 1 aromatic carbocycles. The van der Waals surface area contributed by atoms with E-state index in [1.54, 1.807) is 0 Å². The summed E-state index contributed by atoms with van der Waals surface area (Å²) >= 11 is 1.49. The van der Waals surface area contributed by atoms with Gasteiger partial charge in [0.15, 0.2) is 0 Å². The molecule has 0 amide bonds. The van der Waals surface area contributed by atoms with Crippen LogP contribution in [0.2, 0.25) is 0 Å². The topological polar surface area (TPSA) is 26.3 Å². The minimum atomic E-state index is 0.224. The van der Waals surface area contributed by atoms with Crippen LogP contribution in [0.1, 0.15) is 70.8 Å². The van der Waals surface area contributed by atoms with Crippen LogP contribution in [-0.4, -0.2) is 17.0 Å². The molecule has 0 aromatic heterocycles. The van der Waals surface area contributed by atoms with Crippen molar-refractivity contribution in [3.05, 3.63) is 41.5 Å². The first-order valence-corrected chi connectivity index (χ1v) is 11.1. The molecule has 1 fully saturated rings. The maximum absolute atomic E-state index is 11.8. The predicted molar refractivity (Wildman–Crippen MR) is 111 cm³/mol. The molecule has 1 aliphatic heterocycles. The maximum Gasteiger partial charge on any atom is 0.212 e. The Morgan fingerprint density at radius 3 is 2.58 bits per heavy atom. The SMILES string of the molecule is CCCCC1=CC(=O)SC1Cc1ccc(OCC2(C)CCCCC2)cc1. The quantitative estimate of drug-likeness (QED) is 0.533. The van der Waals surface area contributed by atoms with Crippen molar-refractivity contribution >= 4 is 16.9 Å². The highest BCUT2D eigenvalue weighted by Gasteiger charge is 2.28. The molecule has 0 bridgehead atoms. The molecule has 1 heterocycles. The standard InChI is InChI=1S/C23H32O2S/c1-3-4-8-19-16-22(24)26-21(19)15-18-9-11-20(12-10-18)25-17-23(2)13-6-5-7-14-23/h9-12,16,21H,3-8,13-15,17H2,1-2H3. The minimum absolute atomic E-state index is 0.224. The number of hydrogen-bond donors (Lipinski definition) is 0. The summed E-state index contributed by atoms with van der Waals surface area (Å²) in [7, 11) is 0. The van der Waals surface area contributed by atoms with Crippen molar-refractivity contribution in [2.24, 2.45) is 5.41 Å². The van der Waals surface area contributed by atoms with Crippen LogP contribution in [0, 0.1) is 5.41 Å². The molecule has 1 atom stereocenters. The summed E-state index contributed by atoms with van der Waals surface area (Å²) in [6.45, 7) is 5.38. The Morgan fingerprint density at radius 2 is 1.88 bits per heavy atom.